The fraction of sp³-hybridized carbons (Fsp3) is 0.833. The van der Waals surface area contributed by atoms with Gasteiger partial charge in [-0.1, -0.05) is 0 Å². The highest BCUT2D eigenvalue weighted by atomic mass is 32.2. The first kappa shape index (κ1) is 10.4. The smallest absolute Gasteiger partial charge is 0.279 e. The summed E-state index contributed by atoms with van der Waals surface area (Å²) in [6, 6.07) is 0. The Bertz CT molecular complexity index is 281. The molecule has 0 aliphatic carbocycles. The minimum atomic E-state index is -3.47. The number of amides is 1. The van der Waals surface area contributed by atoms with E-state index in [2.05, 4.69) is 4.72 Å². The zero-order chi connectivity index (χ0) is 9.90. The summed E-state index contributed by atoms with van der Waals surface area (Å²) in [5.74, 6) is -0.678. The third kappa shape index (κ3) is 2.94. The Morgan fingerprint density at radius 1 is 1.38 bits per heavy atom. The van der Waals surface area contributed by atoms with Gasteiger partial charge in [-0.25, -0.2) is 0 Å². The fourth-order valence-corrected chi connectivity index (χ4v) is 2.43. The van der Waals surface area contributed by atoms with E-state index in [9.17, 15) is 13.2 Å². The quantitative estimate of drug-likeness (QED) is 0.581. The Balaban J connectivity index is 2.50. The van der Waals surface area contributed by atoms with Crippen molar-refractivity contribution in [3.8, 4) is 0 Å². The van der Waals surface area contributed by atoms with E-state index in [0.717, 1.165) is 12.8 Å². The highest BCUT2D eigenvalue weighted by molar-refractivity contribution is 7.87. The molecule has 0 aromatic heterocycles. The predicted octanol–water partition coefficient (Wildman–Crippen LogP) is -1.60. The van der Waals surface area contributed by atoms with Crippen LogP contribution < -0.4 is 10.5 Å². The van der Waals surface area contributed by atoms with Crippen LogP contribution in [-0.4, -0.2) is 38.3 Å². The Morgan fingerprint density at radius 3 is 2.38 bits per heavy atom. The lowest BCUT2D eigenvalue weighted by molar-refractivity contribution is -0.116. The molecule has 1 rings (SSSR count). The molecule has 0 atom stereocenters. The second-order valence-electron chi connectivity index (χ2n) is 2.90. The maximum absolute atomic E-state index is 11.3. The molecule has 0 aromatic carbocycles. The standard InChI is InChI=1S/C6H13N3O3S/c7-6(10)5-8-13(11,12)9-3-1-2-4-9/h8H,1-5H2,(H2,7,10). The molecule has 1 aliphatic rings. The van der Waals surface area contributed by atoms with Gasteiger partial charge in [0, 0.05) is 13.1 Å². The van der Waals surface area contributed by atoms with E-state index in [1.807, 2.05) is 0 Å². The lowest BCUT2D eigenvalue weighted by Gasteiger charge is -2.14. The molecule has 0 bridgehead atoms. The predicted molar refractivity (Wildman–Crippen MR) is 46.9 cm³/mol. The fourth-order valence-electron chi connectivity index (χ4n) is 1.18. The number of nitrogens with one attached hydrogen (secondary N) is 1. The minimum Gasteiger partial charge on any atom is -0.369 e. The first-order valence-electron chi connectivity index (χ1n) is 4.05. The average molecular weight is 207 g/mol. The van der Waals surface area contributed by atoms with Crippen LogP contribution in [0.2, 0.25) is 0 Å². The summed E-state index contributed by atoms with van der Waals surface area (Å²) in [6.45, 7) is 0.709. The van der Waals surface area contributed by atoms with E-state index in [1.165, 1.54) is 4.31 Å². The number of nitrogens with zero attached hydrogens (tertiary/aromatic N) is 1. The van der Waals surface area contributed by atoms with Crippen molar-refractivity contribution in [1.82, 2.24) is 9.03 Å². The van der Waals surface area contributed by atoms with Gasteiger partial charge in [0.2, 0.25) is 5.91 Å². The average Bonchev–Trinajstić information content (AvgIpc) is 2.53. The summed E-state index contributed by atoms with van der Waals surface area (Å²) in [5.41, 5.74) is 4.81. The normalized spacial score (nSPS) is 19.1. The number of rotatable bonds is 4. The van der Waals surface area contributed by atoms with Crippen molar-refractivity contribution in [3.05, 3.63) is 0 Å². The van der Waals surface area contributed by atoms with Crippen LogP contribution in [0.25, 0.3) is 0 Å². The van der Waals surface area contributed by atoms with E-state index in [0.29, 0.717) is 13.1 Å². The lowest BCUT2D eigenvalue weighted by Crippen LogP contribution is -2.42. The maximum Gasteiger partial charge on any atom is 0.279 e. The lowest BCUT2D eigenvalue weighted by atomic mass is 10.4. The van der Waals surface area contributed by atoms with E-state index >= 15 is 0 Å². The third-order valence-corrected chi connectivity index (χ3v) is 3.39. The summed E-state index contributed by atoms with van der Waals surface area (Å²) in [6.07, 6.45) is 1.75. The van der Waals surface area contributed by atoms with Gasteiger partial charge in [-0.2, -0.15) is 17.4 Å². The van der Waals surface area contributed by atoms with Gasteiger partial charge in [-0.05, 0) is 12.8 Å². The second-order valence-corrected chi connectivity index (χ2v) is 4.65. The van der Waals surface area contributed by atoms with Crippen molar-refractivity contribution in [2.45, 2.75) is 12.8 Å². The SMILES string of the molecule is NC(=O)CNS(=O)(=O)N1CCCC1. The van der Waals surface area contributed by atoms with E-state index in [4.69, 9.17) is 5.73 Å². The van der Waals surface area contributed by atoms with Gasteiger partial charge in [0.1, 0.15) is 0 Å². The first-order valence-corrected chi connectivity index (χ1v) is 5.49. The number of hydrogen-bond acceptors (Lipinski definition) is 3. The molecule has 76 valence electrons. The largest absolute Gasteiger partial charge is 0.369 e. The zero-order valence-corrected chi connectivity index (χ0v) is 8.01. The maximum atomic E-state index is 11.3. The van der Waals surface area contributed by atoms with Gasteiger partial charge < -0.3 is 5.73 Å². The van der Waals surface area contributed by atoms with Gasteiger partial charge in [-0.3, -0.25) is 4.79 Å². The number of hydrogen-bond donors (Lipinski definition) is 2. The van der Waals surface area contributed by atoms with Crippen molar-refractivity contribution in [2.24, 2.45) is 5.73 Å². The summed E-state index contributed by atoms with van der Waals surface area (Å²) >= 11 is 0. The topological polar surface area (TPSA) is 92.5 Å². The number of nitrogens with two attached hydrogens (primary N) is 1. The van der Waals surface area contributed by atoms with Crippen LogP contribution in [0, 0.1) is 0 Å². The van der Waals surface area contributed by atoms with Crippen molar-refractivity contribution < 1.29 is 13.2 Å². The highest BCUT2D eigenvalue weighted by Gasteiger charge is 2.24. The Kier molecular flexibility index (Phi) is 3.23. The number of primary amides is 1. The Labute approximate surface area is 77.3 Å². The number of carbonyl (C=O) groups excluding carboxylic acids is 1. The van der Waals surface area contributed by atoms with Crippen molar-refractivity contribution in [1.29, 1.82) is 0 Å². The molecule has 1 saturated heterocycles. The van der Waals surface area contributed by atoms with Crippen LogP contribution in [0.15, 0.2) is 0 Å². The van der Waals surface area contributed by atoms with E-state index in [-0.39, 0.29) is 6.54 Å². The summed E-state index contributed by atoms with van der Waals surface area (Å²) in [7, 11) is -3.47. The molecule has 0 aromatic rings. The molecule has 3 N–H and O–H groups in total. The van der Waals surface area contributed by atoms with E-state index < -0.39 is 16.1 Å². The molecular formula is C6H13N3O3S. The van der Waals surface area contributed by atoms with Crippen molar-refractivity contribution >= 4 is 16.1 Å². The first-order chi connectivity index (χ1) is 6.02. The van der Waals surface area contributed by atoms with E-state index in [1.54, 1.807) is 0 Å². The zero-order valence-electron chi connectivity index (χ0n) is 7.19. The highest BCUT2D eigenvalue weighted by Crippen LogP contribution is 2.10. The Hall–Kier alpha value is -0.660. The molecule has 0 spiro atoms. The monoisotopic (exact) mass is 207 g/mol. The molecule has 0 unspecified atom stereocenters. The molecule has 7 heteroatoms. The molecule has 1 heterocycles. The molecule has 13 heavy (non-hydrogen) atoms. The van der Waals surface area contributed by atoms with Crippen LogP contribution >= 0.6 is 0 Å². The molecular weight excluding hydrogens is 194 g/mol. The van der Waals surface area contributed by atoms with Crippen molar-refractivity contribution in [2.75, 3.05) is 19.6 Å². The molecule has 1 fully saturated rings. The molecule has 6 nitrogen and oxygen atoms in total. The minimum absolute atomic E-state index is 0.334. The van der Waals surface area contributed by atoms with Crippen LogP contribution in [0.4, 0.5) is 0 Å². The van der Waals surface area contributed by atoms with Crippen LogP contribution in [0.1, 0.15) is 12.8 Å². The van der Waals surface area contributed by atoms with Gasteiger partial charge >= 0.3 is 0 Å². The summed E-state index contributed by atoms with van der Waals surface area (Å²) in [4.78, 5) is 10.3. The van der Waals surface area contributed by atoms with Crippen molar-refractivity contribution in [3.63, 3.8) is 0 Å². The Morgan fingerprint density at radius 2 is 1.92 bits per heavy atom. The van der Waals surface area contributed by atoms with Crippen LogP contribution in [0.3, 0.4) is 0 Å². The van der Waals surface area contributed by atoms with Gasteiger partial charge in [-0.15, -0.1) is 0 Å². The molecule has 1 amide bonds. The third-order valence-electron chi connectivity index (χ3n) is 1.83. The second kappa shape index (κ2) is 4.03. The number of carbonyl (C=O) groups is 1. The van der Waals surface area contributed by atoms with Crippen LogP contribution in [0.5, 0.6) is 0 Å². The molecule has 0 radical (unpaired) electrons. The van der Waals surface area contributed by atoms with Gasteiger partial charge in [0.05, 0.1) is 6.54 Å². The van der Waals surface area contributed by atoms with Gasteiger partial charge in [0.15, 0.2) is 0 Å². The van der Waals surface area contributed by atoms with Gasteiger partial charge in [0.25, 0.3) is 10.2 Å². The molecule has 1 aliphatic heterocycles. The van der Waals surface area contributed by atoms with Crippen LogP contribution in [-0.2, 0) is 15.0 Å². The summed E-state index contributed by atoms with van der Waals surface area (Å²) < 4.78 is 26.1. The molecule has 0 saturated carbocycles. The summed E-state index contributed by atoms with van der Waals surface area (Å²) in [5, 5.41) is 0.